The summed E-state index contributed by atoms with van der Waals surface area (Å²) in [5, 5.41) is 0. The van der Waals surface area contributed by atoms with Crippen molar-refractivity contribution in [3.63, 3.8) is 0 Å². The first kappa shape index (κ1) is 11.0. The molecule has 1 aromatic rings. The molecular weight excluding hydrogens is 202 g/mol. The van der Waals surface area contributed by atoms with Gasteiger partial charge in [0, 0.05) is 18.2 Å². The Labute approximate surface area is 95.9 Å². The second-order valence-electron chi connectivity index (χ2n) is 3.84. The minimum absolute atomic E-state index is 0.551. The van der Waals surface area contributed by atoms with Crippen LogP contribution in [0, 0.1) is 0 Å². The van der Waals surface area contributed by atoms with Crippen LogP contribution in [0.5, 0.6) is 11.5 Å². The summed E-state index contributed by atoms with van der Waals surface area (Å²) in [7, 11) is 3.35. The Kier molecular flexibility index (Phi) is 3.15. The summed E-state index contributed by atoms with van der Waals surface area (Å²) in [6.07, 6.45) is 4.25. The number of benzene rings is 1. The maximum Gasteiger partial charge on any atom is 0.130 e. The van der Waals surface area contributed by atoms with E-state index in [-0.39, 0.29) is 0 Å². The SMILES string of the molecule is COc1cc2c(c(OC)c1)C(CN)=CCC2. The molecule has 0 saturated heterocycles. The highest BCUT2D eigenvalue weighted by Gasteiger charge is 2.17. The molecule has 0 atom stereocenters. The van der Waals surface area contributed by atoms with E-state index in [9.17, 15) is 0 Å². The lowest BCUT2D eigenvalue weighted by Crippen LogP contribution is -2.10. The van der Waals surface area contributed by atoms with Crippen LogP contribution in [0.15, 0.2) is 18.2 Å². The Balaban J connectivity index is 2.57. The Morgan fingerprint density at radius 2 is 2.06 bits per heavy atom. The van der Waals surface area contributed by atoms with E-state index in [0.29, 0.717) is 6.54 Å². The van der Waals surface area contributed by atoms with E-state index in [1.165, 1.54) is 11.1 Å². The zero-order valence-corrected chi connectivity index (χ0v) is 9.75. The number of nitrogens with two attached hydrogens (primary N) is 1. The summed E-state index contributed by atoms with van der Waals surface area (Å²) in [6, 6.07) is 3.98. The first-order chi connectivity index (χ1) is 7.80. The molecule has 0 fully saturated rings. The molecule has 0 heterocycles. The highest BCUT2D eigenvalue weighted by Crippen LogP contribution is 2.37. The zero-order valence-electron chi connectivity index (χ0n) is 9.75. The topological polar surface area (TPSA) is 44.5 Å². The molecule has 0 aromatic heterocycles. The molecule has 3 heteroatoms. The van der Waals surface area contributed by atoms with Crippen LogP contribution in [0.1, 0.15) is 17.5 Å². The van der Waals surface area contributed by atoms with Crippen LogP contribution in [-0.2, 0) is 6.42 Å². The molecule has 0 bridgehead atoms. The molecule has 2 rings (SSSR count). The summed E-state index contributed by atoms with van der Waals surface area (Å²) in [6.45, 7) is 0.551. The molecule has 86 valence electrons. The molecule has 0 spiro atoms. The van der Waals surface area contributed by atoms with Gasteiger partial charge >= 0.3 is 0 Å². The summed E-state index contributed by atoms with van der Waals surface area (Å²) in [4.78, 5) is 0. The fourth-order valence-corrected chi connectivity index (χ4v) is 2.18. The number of ether oxygens (including phenoxy) is 2. The second kappa shape index (κ2) is 4.58. The van der Waals surface area contributed by atoms with Crippen molar-refractivity contribution in [3.8, 4) is 11.5 Å². The third-order valence-electron chi connectivity index (χ3n) is 2.96. The lowest BCUT2D eigenvalue weighted by Gasteiger charge is -2.20. The van der Waals surface area contributed by atoms with Gasteiger partial charge in [0.1, 0.15) is 11.5 Å². The van der Waals surface area contributed by atoms with Crippen molar-refractivity contribution >= 4 is 5.57 Å². The van der Waals surface area contributed by atoms with Gasteiger partial charge in [-0.25, -0.2) is 0 Å². The molecule has 1 aliphatic carbocycles. The summed E-state index contributed by atoms with van der Waals surface area (Å²) < 4.78 is 10.7. The van der Waals surface area contributed by atoms with Gasteiger partial charge in [0.05, 0.1) is 14.2 Å². The molecular formula is C13H17NO2. The predicted octanol–water partition coefficient (Wildman–Crippen LogP) is 1.99. The summed E-state index contributed by atoms with van der Waals surface area (Å²) >= 11 is 0. The van der Waals surface area contributed by atoms with Crippen LogP contribution in [-0.4, -0.2) is 20.8 Å². The standard InChI is InChI=1S/C13H17NO2/c1-15-11-6-9-4-3-5-10(8-14)13(9)12(7-11)16-2/h5-7H,3-4,8,14H2,1-2H3. The van der Waals surface area contributed by atoms with Gasteiger partial charge in [0.25, 0.3) is 0 Å². The lowest BCUT2D eigenvalue weighted by atomic mass is 9.90. The average Bonchev–Trinajstić information content (AvgIpc) is 2.36. The van der Waals surface area contributed by atoms with Gasteiger partial charge in [0.15, 0.2) is 0 Å². The van der Waals surface area contributed by atoms with Crippen LogP contribution >= 0.6 is 0 Å². The van der Waals surface area contributed by atoms with E-state index < -0.39 is 0 Å². The van der Waals surface area contributed by atoms with E-state index in [0.717, 1.165) is 29.9 Å². The van der Waals surface area contributed by atoms with Gasteiger partial charge in [-0.05, 0) is 30.0 Å². The highest BCUT2D eigenvalue weighted by atomic mass is 16.5. The van der Waals surface area contributed by atoms with Crippen molar-refractivity contribution in [2.45, 2.75) is 12.8 Å². The normalized spacial score (nSPS) is 14.1. The third kappa shape index (κ3) is 1.78. The Bertz CT molecular complexity index is 424. The lowest BCUT2D eigenvalue weighted by molar-refractivity contribution is 0.392. The van der Waals surface area contributed by atoms with E-state index in [2.05, 4.69) is 12.1 Å². The molecule has 3 nitrogen and oxygen atoms in total. The van der Waals surface area contributed by atoms with Crippen LogP contribution in [0.2, 0.25) is 0 Å². The monoisotopic (exact) mass is 219 g/mol. The van der Waals surface area contributed by atoms with Gasteiger partial charge in [-0.2, -0.15) is 0 Å². The van der Waals surface area contributed by atoms with Gasteiger partial charge in [-0.1, -0.05) is 6.08 Å². The first-order valence-electron chi connectivity index (χ1n) is 5.44. The number of allylic oxidation sites excluding steroid dienone is 1. The van der Waals surface area contributed by atoms with Crippen LogP contribution < -0.4 is 15.2 Å². The van der Waals surface area contributed by atoms with Crippen molar-refractivity contribution < 1.29 is 9.47 Å². The number of methoxy groups -OCH3 is 2. The van der Waals surface area contributed by atoms with E-state index in [1.54, 1.807) is 14.2 Å². The number of aryl methyl sites for hydroxylation is 1. The van der Waals surface area contributed by atoms with Gasteiger partial charge in [-0.3, -0.25) is 0 Å². The smallest absolute Gasteiger partial charge is 0.130 e. The Hall–Kier alpha value is -1.48. The fourth-order valence-electron chi connectivity index (χ4n) is 2.18. The molecule has 1 aliphatic rings. The number of rotatable bonds is 3. The molecule has 0 saturated carbocycles. The van der Waals surface area contributed by atoms with Gasteiger partial charge in [0.2, 0.25) is 0 Å². The van der Waals surface area contributed by atoms with E-state index in [4.69, 9.17) is 15.2 Å². The molecule has 16 heavy (non-hydrogen) atoms. The van der Waals surface area contributed by atoms with Crippen molar-refractivity contribution in [2.75, 3.05) is 20.8 Å². The van der Waals surface area contributed by atoms with Gasteiger partial charge < -0.3 is 15.2 Å². The van der Waals surface area contributed by atoms with Gasteiger partial charge in [-0.15, -0.1) is 0 Å². The fraction of sp³-hybridized carbons (Fsp3) is 0.385. The molecule has 0 aliphatic heterocycles. The number of hydrogen-bond acceptors (Lipinski definition) is 3. The van der Waals surface area contributed by atoms with Crippen LogP contribution in [0.3, 0.4) is 0 Å². The largest absolute Gasteiger partial charge is 0.497 e. The molecule has 1 aromatic carbocycles. The molecule has 0 amide bonds. The van der Waals surface area contributed by atoms with Crippen LogP contribution in [0.25, 0.3) is 5.57 Å². The van der Waals surface area contributed by atoms with Crippen molar-refractivity contribution in [3.05, 3.63) is 29.3 Å². The highest BCUT2D eigenvalue weighted by molar-refractivity contribution is 5.76. The predicted molar refractivity (Wildman–Crippen MR) is 64.9 cm³/mol. The summed E-state index contributed by atoms with van der Waals surface area (Å²) in [5.41, 5.74) is 9.34. The minimum Gasteiger partial charge on any atom is -0.497 e. The van der Waals surface area contributed by atoms with Crippen molar-refractivity contribution in [1.29, 1.82) is 0 Å². The number of fused-ring (bicyclic) bond motifs is 1. The van der Waals surface area contributed by atoms with Crippen molar-refractivity contribution in [1.82, 2.24) is 0 Å². The molecule has 2 N–H and O–H groups in total. The zero-order chi connectivity index (χ0) is 11.5. The maximum atomic E-state index is 5.76. The Morgan fingerprint density at radius 1 is 1.25 bits per heavy atom. The average molecular weight is 219 g/mol. The van der Waals surface area contributed by atoms with Crippen LogP contribution in [0.4, 0.5) is 0 Å². The second-order valence-corrected chi connectivity index (χ2v) is 3.84. The first-order valence-corrected chi connectivity index (χ1v) is 5.44. The molecule has 0 unspecified atom stereocenters. The van der Waals surface area contributed by atoms with Crippen molar-refractivity contribution in [2.24, 2.45) is 5.73 Å². The van der Waals surface area contributed by atoms with E-state index >= 15 is 0 Å². The third-order valence-corrected chi connectivity index (χ3v) is 2.96. The maximum absolute atomic E-state index is 5.76. The molecule has 0 radical (unpaired) electrons. The number of hydrogen-bond donors (Lipinski definition) is 1. The quantitative estimate of drug-likeness (QED) is 0.845. The minimum atomic E-state index is 0.551. The Morgan fingerprint density at radius 3 is 2.69 bits per heavy atom. The summed E-state index contributed by atoms with van der Waals surface area (Å²) in [5.74, 6) is 1.69. The van der Waals surface area contributed by atoms with E-state index in [1.807, 2.05) is 6.07 Å².